The Morgan fingerprint density at radius 1 is 1.24 bits per heavy atom. The molecule has 0 N–H and O–H groups in total. The van der Waals surface area contributed by atoms with Crippen molar-refractivity contribution in [3.8, 4) is 0 Å². The van der Waals surface area contributed by atoms with Crippen LogP contribution in [0.15, 0.2) is 18.2 Å². The van der Waals surface area contributed by atoms with Crippen LogP contribution in [-0.2, 0) is 12.8 Å². The minimum atomic E-state index is 0.622. The Labute approximate surface area is 107 Å². The zero-order valence-electron chi connectivity index (χ0n) is 12.1. The summed E-state index contributed by atoms with van der Waals surface area (Å²) in [6.45, 7) is 10.1. The highest BCUT2D eigenvalue weighted by Gasteiger charge is 2.08. The predicted molar refractivity (Wildman–Crippen MR) is 76.6 cm³/mol. The highest BCUT2D eigenvalue weighted by atomic mass is 15.1. The Morgan fingerprint density at radius 2 is 1.94 bits per heavy atom. The molecule has 96 valence electrons. The fourth-order valence-electron chi connectivity index (χ4n) is 2.24. The quantitative estimate of drug-likeness (QED) is 0.722. The fourth-order valence-corrected chi connectivity index (χ4v) is 2.24. The molecule has 0 spiro atoms. The minimum Gasteiger partial charge on any atom is -0.304 e. The van der Waals surface area contributed by atoms with Gasteiger partial charge in [-0.25, -0.2) is 0 Å². The molecule has 0 saturated heterocycles. The number of hydrogen-bond donors (Lipinski definition) is 0. The summed E-state index contributed by atoms with van der Waals surface area (Å²) >= 11 is 0. The van der Waals surface area contributed by atoms with Gasteiger partial charge in [-0.1, -0.05) is 38.5 Å². The number of benzene rings is 1. The normalized spacial score (nSPS) is 13.1. The number of rotatable bonds is 6. The van der Waals surface area contributed by atoms with Crippen molar-refractivity contribution >= 4 is 0 Å². The van der Waals surface area contributed by atoms with E-state index >= 15 is 0 Å². The van der Waals surface area contributed by atoms with Gasteiger partial charge in [-0.15, -0.1) is 0 Å². The molecule has 0 aliphatic rings. The highest BCUT2D eigenvalue weighted by molar-refractivity contribution is 5.31. The Bertz CT molecular complexity index is 343. The lowest BCUT2D eigenvalue weighted by Gasteiger charge is -2.23. The number of likely N-dealkylation sites (N-methyl/N-ethyl adjacent to an activating group) is 1. The van der Waals surface area contributed by atoms with Gasteiger partial charge in [-0.2, -0.15) is 0 Å². The highest BCUT2D eigenvalue weighted by Crippen LogP contribution is 2.15. The molecule has 1 nitrogen and oxygen atoms in total. The molecule has 1 unspecified atom stereocenters. The van der Waals surface area contributed by atoms with Crippen LogP contribution >= 0.6 is 0 Å². The zero-order valence-corrected chi connectivity index (χ0v) is 12.1. The molecule has 0 amide bonds. The van der Waals surface area contributed by atoms with E-state index < -0.39 is 0 Å². The second kappa shape index (κ2) is 6.80. The summed E-state index contributed by atoms with van der Waals surface area (Å²) in [5.41, 5.74) is 4.43. The largest absolute Gasteiger partial charge is 0.304 e. The van der Waals surface area contributed by atoms with E-state index in [9.17, 15) is 0 Å². The van der Waals surface area contributed by atoms with Gasteiger partial charge in [-0.3, -0.25) is 0 Å². The second-order valence-corrected chi connectivity index (χ2v) is 5.14. The summed E-state index contributed by atoms with van der Waals surface area (Å²) in [6.07, 6.45) is 3.59. The molecule has 1 atom stereocenters. The first kappa shape index (κ1) is 14.2. The average molecular weight is 233 g/mol. The maximum atomic E-state index is 2.40. The van der Waals surface area contributed by atoms with Gasteiger partial charge < -0.3 is 4.90 Å². The molecule has 0 aliphatic heterocycles. The average Bonchev–Trinajstić information content (AvgIpc) is 2.31. The molecule has 1 aromatic rings. The Hall–Kier alpha value is -0.820. The molecule has 1 heteroatoms. The molecule has 0 radical (unpaired) electrons. The molecule has 1 aromatic carbocycles. The molecule has 0 heterocycles. The van der Waals surface area contributed by atoms with Gasteiger partial charge in [-0.05, 0) is 57.0 Å². The standard InChI is InChI=1S/C16H27N/c1-6-8-16-10-9-15(11-13(16)3)12-14(4)17(5)7-2/h9-11,14H,6-8,12H2,1-5H3. The van der Waals surface area contributed by atoms with Crippen molar-refractivity contribution in [1.29, 1.82) is 0 Å². The Balaban J connectivity index is 2.70. The lowest BCUT2D eigenvalue weighted by atomic mass is 9.98. The maximum Gasteiger partial charge on any atom is 0.0104 e. The topological polar surface area (TPSA) is 3.24 Å². The van der Waals surface area contributed by atoms with Gasteiger partial charge in [0.25, 0.3) is 0 Å². The second-order valence-electron chi connectivity index (χ2n) is 5.14. The lowest BCUT2D eigenvalue weighted by molar-refractivity contribution is 0.270. The van der Waals surface area contributed by atoms with Crippen LogP contribution in [-0.4, -0.2) is 24.5 Å². The first-order chi connectivity index (χ1) is 8.08. The zero-order chi connectivity index (χ0) is 12.8. The van der Waals surface area contributed by atoms with Crippen molar-refractivity contribution in [2.45, 2.75) is 53.0 Å². The van der Waals surface area contributed by atoms with Crippen LogP contribution in [0.3, 0.4) is 0 Å². The maximum absolute atomic E-state index is 2.40. The van der Waals surface area contributed by atoms with Gasteiger partial charge in [0.1, 0.15) is 0 Å². The van der Waals surface area contributed by atoms with E-state index in [2.05, 4.69) is 57.8 Å². The molecule has 0 bridgehead atoms. The Kier molecular flexibility index (Phi) is 5.70. The van der Waals surface area contributed by atoms with Gasteiger partial charge in [0.15, 0.2) is 0 Å². The summed E-state index contributed by atoms with van der Waals surface area (Å²) in [5, 5.41) is 0. The van der Waals surface area contributed by atoms with E-state index in [4.69, 9.17) is 0 Å². The van der Waals surface area contributed by atoms with Crippen LogP contribution in [0.4, 0.5) is 0 Å². The van der Waals surface area contributed by atoms with Crippen LogP contribution in [0.5, 0.6) is 0 Å². The monoisotopic (exact) mass is 233 g/mol. The van der Waals surface area contributed by atoms with Crippen molar-refractivity contribution in [2.24, 2.45) is 0 Å². The van der Waals surface area contributed by atoms with Gasteiger partial charge in [0.05, 0.1) is 0 Å². The summed E-state index contributed by atoms with van der Waals surface area (Å²) in [5.74, 6) is 0. The van der Waals surface area contributed by atoms with Crippen molar-refractivity contribution < 1.29 is 0 Å². The van der Waals surface area contributed by atoms with Gasteiger partial charge in [0.2, 0.25) is 0 Å². The molecular weight excluding hydrogens is 206 g/mol. The predicted octanol–water partition coefficient (Wildman–Crippen LogP) is 3.83. The van der Waals surface area contributed by atoms with E-state index in [1.807, 2.05) is 0 Å². The lowest BCUT2D eigenvalue weighted by Crippen LogP contribution is -2.30. The third-order valence-electron chi connectivity index (χ3n) is 3.71. The van der Waals surface area contributed by atoms with Crippen LogP contribution < -0.4 is 0 Å². The fraction of sp³-hybridized carbons (Fsp3) is 0.625. The van der Waals surface area contributed by atoms with Crippen LogP contribution in [0.1, 0.15) is 43.9 Å². The van der Waals surface area contributed by atoms with E-state index in [0.717, 1.165) is 13.0 Å². The molecule has 0 saturated carbocycles. The van der Waals surface area contributed by atoms with Crippen LogP contribution in [0.25, 0.3) is 0 Å². The summed E-state index contributed by atoms with van der Waals surface area (Å²) in [4.78, 5) is 2.40. The Morgan fingerprint density at radius 3 is 2.47 bits per heavy atom. The summed E-state index contributed by atoms with van der Waals surface area (Å²) in [6, 6.07) is 7.60. The number of nitrogens with zero attached hydrogens (tertiary/aromatic N) is 1. The molecule has 0 aliphatic carbocycles. The van der Waals surface area contributed by atoms with Crippen molar-refractivity contribution in [1.82, 2.24) is 4.90 Å². The van der Waals surface area contributed by atoms with Crippen LogP contribution in [0, 0.1) is 6.92 Å². The van der Waals surface area contributed by atoms with E-state index in [-0.39, 0.29) is 0 Å². The van der Waals surface area contributed by atoms with E-state index in [1.165, 1.54) is 29.5 Å². The van der Waals surface area contributed by atoms with Crippen molar-refractivity contribution in [2.75, 3.05) is 13.6 Å². The van der Waals surface area contributed by atoms with E-state index in [1.54, 1.807) is 0 Å². The van der Waals surface area contributed by atoms with Crippen molar-refractivity contribution in [3.05, 3.63) is 34.9 Å². The van der Waals surface area contributed by atoms with Crippen LogP contribution in [0.2, 0.25) is 0 Å². The molecule has 1 rings (SSSR count). The van der Waals surface area contributed by atoms with Crippen molar-refractivity contribution in [3.63, 3.8) is 0 Å². The first-order valence-electron chi connectivity index (χ1n) is 6.87. The number of hydrogen-bond acceptors (Lipinski definition) is 1. The first-order valence-corrected chi connectivity index (χ1v) is 6.87. The molecule has 0 fully saturated rings. The molecule has 17 heavy (non-hydrogen) atoms. The van der Waals surface area contributed by atoms with Gasteiger partial charge >= 0.3 is 0 Å². The minimum absolute atomic E-state index is 0.622. The smallest absolute Gasteiger partial charge is 0.0104 e. The third-order valence-corrected chi connectivity index (χ3v) is 3.71. The number of aryl methyl sites for hydroxylation is 2. The molecule has 0 aromatic heterocycles. The SMILES string of the molecule is CCCc1ccc(CC(C)N(C)CC)cc1C. The summed E-state index contributed by atoms with van der Waals surface area (Å²) in [7, 11) is 2.20. The third kappa shape index (κ3) is 4.16. The van der Waals surface area contributed by atoms with E-state index in [0.29, 0.717) is 6.04 Å². The summed E-state index contributed by atoms with van der Waals surface area (Å²) < 4.78 is 0. The molecular formula is C16H27N. The van der Waals surface area contributed by atoms with Gasteiger partial charge in [0, 0.05) is 6.04 Å².